The average Bonchev–Trinajstić information content (AvgIpc) is 3.13. The molecule has 1 atom stereocenters. The van der Waals surface area contributed by atoms with Crippen LogP contribution in [0.3, 0.4) is 0 Å². The van der Waals surface area contributed by atoms with Crippen molar-refractivity contribution >= 4 is 27.3 Å². The van der Waals surface area contributed by atoms with Gasteiger partial charge in [-0.1, -0.05) is 0 Å². The molecule has 0 saturated carbocycles. The van der Waals surface area contributed by atoms with Gasteiger partial charge in [0.05, 0.1) is 24.9 Å². The van der Waals surface area contributed by atoms with Gasteiger partial charge in [-0.15, -0.1) is 0 Å². The number of sulfonamides is 1. The van der Waals surface area contributed by atoms with Crippen LogP contribution in [0.4, 0.5) is 0 Å². The molecule has 24 heavy (non-hydrogen) atoms. The van der Waals surface area contributed by atoms with Crippen molar-refractivity contribution in [3.63, 3.8) is 0 Å². The molecule has 1 aliphatic heterocycles. The first-order valence-corrected chi connectivity index (χ1v) is 10.5. The zero-order valence-corrected chi connectivity index (χ0v) is 15.0. The number of hydrogen-bond donors (Lipinski definition) is 1. The SMILES string of the molecule is CS(=O)(=O)NC[C@H]1CN(C(=O)Cc2ccsc2)Cc2ccnn2C1. The fraction of sp³-hybridized carbons (Fsp3) is 0.467. The second-order valence-electron chi connectivity index (χ2n) is 6.07. The molecule has 3 heterocycles. The molecule has 0 aliphatic carbocycles. The Morgan fingerprint density at radius 1 is 1.42 bits per heavy atom. The zero-order valence-electron chi connectivity index (χ0n) is 13.4. The summed E-state index contributed by atoms with van der Waals surface area (Å²) < 4.78 is 27.1. The lowest BCUT2D eigenvalue weighted by molar-refractivity contribution is -0.131. The first kappa shape index (κ1) is 17.1. The molecule has 7 nitrogen and oxygen atoms in total. The van der Waals surface area contributed by atoms with Crippen LogP contribution >= 0.6 is 11.3 Å². The van der Waals surface area contributed by atoms with Gasteiger partial charge in [0.25, 0.3) is 0 Å². The summed E-state index contributed by atoms with van der Waals surface area (Å²) in [5.74, 6) is 0.0275. The Morgan fingerprint density at radius 3 is 2.96 bits per heavy atom. The van der Waals surface area contributed by atoms with Crippen LogP contribution in [0.25, 0.3) is 0 Å². The van der Waals surface area contributed by atoms with Crippen LogP contribution in [0.15, 0.2) is 29.1 Å². The highest BCUT2D eigenvalue weighted by atomic mass is 32.2. The summed E-state index contributed by atoms with van der Waals surface area (Å²) in [5.41, 5.74) is 1.98. The summed E-state index contributed by atoms with van der Waals surface area (Å²) in [6, 6.07) is 3.85. The number of hydrogen-bond acceptors (Lipinski definition) is 5. The van der Waals surface area contributed by atoms with E-state index in [4.69, 9.17) is 0 Å². The van der Waals surface area contributed by atoms with Gasteiger partial charge in [-0.3, -0.25) is 9.48 Å². The molecule has 3 rings (SSSR count). The Bertz CT molecular complexity index is 799. The lowest BCUT2D eigenvalue weighted by Crippen LogP contribution is -2.39. The smallest absolute Gasteiger partial charge is 0.227 e. The summed E-state index contributed by atoms with van der Waals surface area (Å²) in [5, 5.41) is 8.22. The lowest BCUT2D eigenvalue weighted by Gasteiger charge is -2.24. The number of aromatic nitrogens is 2. The number of carbonyl (C=O) groups excluding carboxylic acids is 1. The predicted molar refractivity (Wildman–Crippen MR) is 92.0 cm³/mol. The van der Waals surface area contributed by atoms with E-state index in [1.807, 2.05) is 27.6 Å². The van der Waals surface area contributed by atoms with Gasteiger partial charge in [0.1, 0.15) is 0 Å². The fourth-order valence-corrected chi connectivity index (χ4v) is 4.01. The summed E-state index contributed by atoms with van der Waals surface area (Å²) in [6.45, 7) is 1.89. The largest absolute Gasteiger partial charge is 0.336 e. The lowest BCUT2D eigenvalue weighted by atomic mass is 10.1. The monoisotopic (exact) mass is 368 g/mol. The van der Waals surface area contributed by atoms with E-state index in [-0.39, 0.29) is 11.8 Å². The van der Waals surface area contributed by atoms with Crippen molar-refractivity contribution in [3.05, 3.63) is 40.3 Å². The molecular formula is C15H20N4O3S2. The molecule has 2 aromatic heterocycles. The average molecular weight is 368 g/mol. The maximum atomic E-state index is 12.7. The quantitative estimate of drug-likeness (QED) is 0.842. The van der Waals surface area contributed by atoms with E-state index in [1.54, 1.807) is 22.4 Å². The Balaban J connectivity index is 1.74. The van der Waals surface area contributed by atoms with E-state index in [0.717, 1.165) is 17.5 Å². The molecule has 0 spiro atoms. The van der Waals surface area contributed by atoms with E-state index in [2.05, 4.69) is 9.82 Å². The molecule has 1 N–H and O–H groups in total. The van der Waals surface area contributed by atoms with E-state index in [1.165, 1.54) is 0 Å². The normalized spacial score (nSPS) is 18.2. The van der Waals surface area contributed by atoms with Crippen molar-refractivity contribution < 1.29 is 13.2 Å². The summed E-state index contributed by atoms with van der Waals surface area (Å²) in [7, 11) is -3.26. The van der Waals surface area contributed by atoms with Gasteiger partial charge in [0.2, 0.25) is 15.9 Å². The highest BCUT2D eigenvalue weighted by molar-refractivity contribution is 7.88. The molecule has 1 amide bonds. The van der Waals surface area contributed by atoms with Crippen LogP contribution in [0.1, 0.15) is 11.3 Å². The molecule has 0 saturated heterocycles. The van der Waals surface area contributed by atoms with E-state index in [9.17, 15) is 13.2 Å². The van der Waals surface area contributed by atoms with E-state index < -0.39 is 10.0 Å². The summed E-state index contributed by atoms with van der Waals surface area (Å²) in [6.07, 6.45) is 3.22. The third-order valence-electron chi connectivity index (χ3n) is 3.99. The number of nitrogens with zero attached hydrogens (tertiary/aromatic N) is 3. The maximum absolute atomic E-state index is 12.7. The van der Waals surface area contributed by atoms with Gasteiger partial charge in [0, 0.05) is 31.7 Å². The number of rotatable bonds is 5. The van der Waals surface area contributed by atoms with Crippen LogP contribution in [0.5, 0.6) is 0 Å². The molecular weight excluding hydrogens is 348 g/mol. The predicted octanol–water partition coefficient (Wildman–Crippen LogP) is 0.695. The Kier molecular flexibility index (Phi) is 5.02. The van der Waals surface area contributed by atoms with Crippen molar-refractivity contribution in [2.75, 3.05) is 19.3 Å². The van der Waals surface area contributed by atoms with Gasteiger partial charge < -0.3 is 4.90 Å². The molecule has 0 aromatic carbocycles. The number of nitrogens with one attached hydrogen (secondary N) is 1. The second kappa shape index (κ2) is 7.04. The van der Waals surface area contributed by atoms with E-state index >= 15 is 0 Å². The number of fused-ring (bicyclic) bond motifs is 1. The van der Waals surface area contributed by atoms with Crippen molar-refractivity contribution in [1.82, 2.24) is 19.4 Å². The van der Waals surface area contributed by atoms with Gasteiger partial charge in [-0.25, -0.2) is 13.1 Å². The molecule has 130 valence electrons. The zero-order chi connectivity index (χ0) is 17.2. The Morgan fingerprint density at radius 2 is 2.25 bits per heavy atom. The molecule has 0 fully saturated rings. The van der Waals surface area contributed by atoms with Gasteiger partial charge in [-0.05, 0) is 28.5 Å². The third kappa shape index (κ3) is 4.43. The second-order valence-corrected chi connectivity index (χ2v) is 8.69. The minimum Gasteiger partial charge on any atom is -0.336 e. The van der Waals surface area contributed by atoms with Crippen LogP contribution in [-0.2, 0) is 34.3 Å². The maximum Gasteiger partial charge on any atom is 0.227 e. The topological polar surface area (TPSA) is 84.3 Å². The van der Waals surface area contributed by atoms with E-state index in [0.29, 0.717) is 32.6 Å². The molecule has 0 unspecified atom stereocenters. The molecule has 9 heteroatoms. The number of thiophene rings is 1. The van der Waals surface area contributed by atoms with Crippen molar-refractivity contribution in [2.24, 2.45) is 5.92 Å². The highest BCUT2D eigenvalue weighted by Gasteiger charge is 2.26. The van der Waals surface area contributed by atoms with Crippen LogP contribution in [-0.4, -0.2) is 48.4 Å². The first-order chi connectivity index (χ1) is 11.4. The number of amides is 1. The minimum atomic E-state index is -3.26. The van der Waals surface area contributed by atoms with Gasteiger partial charge in [0.15, 0.2) is 0 Å². The van der Waals surface area contributed by atoms with Crippen molar-refractivity contribution in [1.29, 1.82) is 0 Å². The third-order valence-corrected chi connectivity index (χ3v) is 5.41. The fourth-order valence-electron chi connectivity index (χ4n) is 2.80. The van der Waals surface area contributed by atoms with Gasteiger partial charge in [-0.2, -0.15) is 16.4 Å². The molecule has 2 aromatic rings. The molecule has 1 aliphatic rings. The van der Waals surface area contributed by atoms with Crippen LogP contribution in [0, 0.1) is 5.92 Å². The summed E-state index contributed by atoms with van der Waals surface area (Å²) >= 11 is 1.57. The Hall–Kier alpha value is -1.71. The van der Waals surface area contributed by atoms with Crippen molar-refractivity contribution in [3.8, 4) is 0 Å². The Labute approximate surface area is 145 Å². The van der Waals surface area contributed by atoms with Crippen LogP contribution < -0.4 is 4.72 Å². The standard InChI is InChI=1S/C15H20N4O3S2/c1-24(21,22)17-7-13-8-18(10-14-2-4-16-19(14)9-13)15(20)6-12-3-5-23-11-12/h2-5,11,13,17H,6-10H2,1H3/t13-/m0/s1. The van der Waals surface area contributed by atoms with Crippen molar-refractivity contribution in [2.45, 2.75) is 19.5 Å². The molecule has 0 bridgehead atoms. The van der Waals surface area contributed by atoms with Gasteiger partial charge >= 0.3 is 0 Å². The minimum absolute atomic E-state index is 0.0210. The number of carbonyl (C=O) groups is 1. The summed E-state index contributed by atoms with van der Waals surface area (Å²) in [4.78, 5) is 14.5. The first-order valence-electron chi connectivity index (χ1n) is 7.65. The molecule has 0 radical (unpaired) electrons. The highest BCUT2D eigenvalue weighted by Crippen LogP contribution is 2.17. The van der Waals surface area contributed by atoms with Crippen LogP contribution in [0.2, 0.25) is 0 Å².